The summed E-state index contributed by atoms with van der Waals surface area (Å²) in [5.74, 6) is -0.296. The molecule has 1 amide bonds. The number of hydrogen-bond acceptors (Lipinski definition) is 6. The molecule has 8 nitrogen and oxygen atoms in total. The van der Waals surface area contributed by atoms with Crippen LogP contribution in [0, 0.1) is 12.7 Å². The molecule has 0 unspecified atom stereocenters. The van der Waals surface area contributed by atoms with Crippen molar-refractivity contribution >= 4 is 22.5 Å². The number of rotatable bonds is 13. The van der Waals surface area contributed by atoms with Gasteiger partial charge in [-0.05, 0) is 67.8 Å². The minimum atomic E-state index is -0.251. The van der Waals surface area contributed by atoms with Crippen LogP contribution in [-0.2, 0) is 30.8 Å². The Kier molecular flexibility index (Phi) is 18.1. The molecule has 1 aromatic heterocycles. The van der Waals surface area contributed by atoms with Crippen molar-refractivity contribution in [2.75, 3.05) is 44.7 Å². The van der Waals surface area contributed by atoms with Gasteiger partial charge < -0.3 is 15.5 Å². The van der Waals surface area contributed by atoms with Crippen molar-refractivity contribution in [1.82, 2.24) is 30.4 Å². The maximum atomic E-state index is 13.8. The summed E-state index contributed by atoms with van der Waals surface area (Å²) in [5.41, 5.74) is 7.03. The highest BCUT2D eigenvalue weighted by Crippen LogP contribution is 2.30. The fourth-order valence-corrected chi connectivity index (χ4v) is 5.30. The van der Waals surface area contributed by atoms with Gasteiger partial charge >= 0.3 is 0 Å². The standard InChI is InChI=1S/C30H42FN7O.3C2H6/c1-7-28-26-14-21(4)29(16-27(26)34-38(28)9-3)36(17-22(5)33-13-12-32-8-2)20-30(39)35(6)37-18-23-10-11-25(31)15-24(23)19-37;3*1-2/h10-11,14-16,32-33H,5,7-9,12-13,17-20H2,1-4,6H3;3*1-2H3. The molecule has 45 heavy (non-hydrogen) atoms. The zero-order chi connectivity index (χ0) is 34.1. The van der Waals surface area contributed by atoms with Crippen molar-refractivity contribution < 1.29 is 9.18 Å². The molecule has 0 bridgehead atoms. The Hall–Kier alpha value is -3.43. The van der Waals surface area contributed by atoms with Crippen molar-refractivity contribution in [3.63, 3.8) is 0 Å². The van der Waals surface area contributed by atoms with Gasteiger partial charge in [-0.2, -0.15) is 5.10 Å². The van der Waals surface area contributed by atoms with E-state index >= 15 is 0 Å². The molecule has 0 atom stereocenters. The van der Waals surface area contributed by atoms with E-state index in [4.69, 9.17) is 5.10 Å². The van der Waals surface area contributed by atoms with Crippen LogP contribution in [0.15, 0.2) is 42.6 Å². The van der Waals surface area contributed by atoms with Gasteiger partial charge in [-0.15, -0.1) is 0 Å². The number of aryl methyl sites for hydroxylation is 3. The molecule has 2 N–H and O–H groups in total. The van der Waals surface area contributed by atoms with E-state index in [1.54, 1.807) is 24.2 Å². The summed E-state index contributed by atoms with van der Waals surface area (Å²) in [5, 5.41) is 16.3. The molecule has 1 aliphatic rings. The van der Waals surface area contributed by atoms with Crippen molar-refractivity contribution in [1.29, 1.82) is 0 Å². The van der Waals surface area contributed by atoms with Crippen LogP contribution in [0.25, 0.3) is 10.9 Å². The lowest BCUT2D eigenvalue weighted by atomic mass is 10.1. The molecule has 0 aliphatic carbocycles. The minimum absolute atomic E-state index is 0.0449. The van der Waals surface area contributed by atoms with E-state index in [2.05, 4.69) is 66.6 Å². The van der Waals surface area contributed by atoms with E-state index < -0.39 is 0 Å². The molecule has 0 fully saturated rings. The van der Waals surface area contributed by atoms with Crippen LogP contribution in [0.5, 0.6) is 0 Å². The second kappa shape index (κ2) is 20.6. The highest BCUT2D eigenvalue weighted by atomic mass is 19.1. The van der Waals surface area contributed by atoms with Crippen LogP contribution in [0.4, 0.5) is 10.1 Å². The maximum absolute atomic E-state index is 13.8. The number of amides is 1. The number of nitrogens with zero attached hydrogens (tertiary/aromatic N) is 5. The number of fused-ring (bicyclic) bond motifs is 2. The van der Waals surface area contributed by atoms with Gasteiger partial charge in [-0.1, -0.05) is 68.0 Å². The molecule has 0 spiro atoms. The average Bonchev–Trinajstić information content (AvgIpc) is 3.65. The Morgan fingerprint density at radius 2 is 1.64 bits per heavy atom. The van der Waals surface area contributed by atoms with Crippen LogP contribution in [0.2, 0.25) is 0 Å². The fraction of sp³-hybridized carbons (Fsp3) is 0.556. The molecule has 4 rings (SSSR count). The molecule has 2 heterocycles. The molecule has 9 heteroatoms. The lowest BCUT2D eigenvalue weighted by Gasteiger charge is -2.32. The second-order valence-electron chi connectivity index (χ2n) is 10.2. The van der Waals surface area contributed by atoms with Crippen LogP contribution in [0.1, 0.15) is 84.7 Å². The fourth-order valence-electron chi connectivity index (χ4n) is 5.30. The summed E-state index contributed by atoms with van der Waals surface area (Å²) in [7, 11) is 1.79. The SMILES string of the molecule is C=C(CN(CC(=O)N(C)N1Cc2ccc(F)cc2C1)c1cc2nn(CC)c(CC)c2cc1C)NCCNCC.CC.CC.CC. The van der Waals surface area contributed by atoms with E-state index in [1.807, 2.05) is 46.6 Å². The van der Waals surface area contributed by atoms with Gasteiger partial charge in [-0.25, -0.2) is 9.40 Å². The highest BCUT2D eigenvalue weighted by molar-refractivity contribution is 5.88. The summed E-state index contributed by atoms with van der Waals surface area (Å²) >= 11 is 0. The van der Waals surface area contributed by atoms with Gasteiger partial charge in [0.1, 0.15) is 5.82 Å². The number of anilines is 1. The molecule has 0 saturated carbocycles. The molecule has 0 radical (unpaired) electrons. The smallest absolute Gasteiger partial charge is 0.256 e. The maximum Gasteiger partial charge on any atom is 0.256 e. The Labute approximate surface area is 272 Å². The average molecular weight is 626 g/mol. The van der Waals surface area contributed by atoms with Crippen LogP contribution < -0.4 is 15.5 Å². The minimum Gasteiger partial charge on any atom is -0.386 e. The summed E-state index contributed by atoms with van der Waals surface area (Å²) in [6.45, 7) is 29.7. The van der Waals surface area contributed by atoms with E-state index in [-0.39, 0.29) is 18.3 Å². The summed E-state index contributed by atoms with van der Waals surface area (Å²) < 4.78 is 15.8. The number of hydrogen-bond donors (Lipinski definition) is 2. The van der Waals surface area contributed by atoms with E-state index in [9.17, 15) is 9.18 Å². The number of halogens is 1. The zero-order valence-electron chi connectivity index (χ0n) is 30.0. The van der Waals surface area contributed by atoms with Crippen molar-refractivity contribution in [2.45, 2.75) is 95.3 Å². The van der Waals surface area contributed by atoms with Gasteiger partial charge in [0.05, 0.1) is 18.6 Å². The Balaban J connectivity index is 0.00000159. The highest BCUT2D eigenvalue weighted by Gasteiger charge is 2.27. The summed E-state index contributed by atoms with van der Waals surface area (Å²) in [4.78, 5) is 15.7. The molecular weight excluding hydrogens is 565 g/mol. The van der Waals surface area contributed by atoms with Gasteiger partial charge in [-0.3, -0.25) is 14.5 Å². The molecule has 3 aromatic rings. The van der Waals surface area contributed by atoms with Crippen molar-refractivity contribution in [2.24, 2.45) is 0 Å². The molecule has 2 aromatic carbocycles. The number of aromatic nitrogens is 2. The lowest BCUT2D eigenvalue weighted by molar-refractivity contribution is -0.145. The number of hydrazine groups is 1. The van der Waals surface area contributed by atoms with E-state index in [0.29, 0.717) is 19.6 Å². The Morgan fingerprint density at radius 1 is 0.978 bits per heavy atom. The zero-order valence-corrected chi connectivity index (χ0v) is 30.0. The number of likely N-dealkylation sites (N-methyl/N-ethyl adjacent to an activating group) is 2. The van der Waals surface area contributed by atoms with Crippen molar-refractivity contribution in [3.8, 4) is 0 Å². The Bertz CT molecular complexity index is 1340. The lowest BCUT2D eigenvalue weighted by Crippen LogP contribution is -2.46. The Morgan fingerprint density at radius 3 is 2.27 bits per heavy atom. The quantitative estimate of drug-likeness (QED) is 0.199. The first-order valence-electron chi connectivity index (χ1n) is 16.9. The van der Waals surface area contributed by atoms with Gasteiger partial charge in [0.2, 0.25) is 0 Å². The number of benzene rings is 2. The second-order valence-corrected chi connectivity index (χ2v) is 10.2. The predicted octanol–water partition coefficient (Wildman–Crippen LogP) is 7.05. The van der Waals surface area contributed by atoms with Crippen LogP contribution in [0.3, 0.4) is 0 Å². The summed E-state index contributed by atoms with van der Waals surface area (Å²) in [6, 6.07) is 9.13. The predicted molar refractivity (Wildman–Crippen MR) is 190 cm³/mol. The molecule has 0 saturated heterocycles. The molecule has 252 valence electrons. The number of nitrogens with one attached hydrogen (secondary N) is 2. The van der Waals surface area contributed by atoms with Crippen molar-refractivity contribution in [3.05, 3.63) is 70.8 Å². The van der Waals surface area contributed by atoms with Gasteiger partial charge in [0, 0.05) is 62.2 Å². The summed E-state index contributed by atoms with van der Waals surface area (Å²) in [6.07, 6.45) is 0.908. The molecule has 1 aliphatic heterocycles. The third kappa shape index (κ3) is 10.6. The van der Waals surface area contributed by atoms with Crippen LogP contribution >= 0.6 is 0 Å². The third-order valence-corrected chi connectivity index (χ3v) is 7.43. The molecular formula is C36H60FN7O. The first-order valence-corrected chi connectivity index (χ1v) is 16.9. The van der Waals surface area contributed by atoms with Gasteiger partial charge in [0.15, 0.2) is 0 Å². The van der Waals surface area contributed by atoms with Gasteiger partial charge in [0.25, 0.3) is 5.91 Å². The number of carbonyl (C=O) groups excluding carboxylic acids is 1. The largest absolute Gasteiger partial charge is 0.386 e. The topological polar surface area (TPSA) is 68.7 Å². The number of carbonyl (C=O) groups is 1. The van der Waals surface area contributed by atoms with E-state index in [1.165, 1.54) is 11.8 Å². The van der Waals surface area contributed by atoms with Crippen LogP contribution in [-0.4, -0.2) is 65.5 Å². The monoisotopic (exact) mass is 625 g/mol. The first kappa shape index (κ1) is 39.6. The van der Waals surface area contributed by atoms with E-state index in [0.717, 1.165) is 71.6 Å². The first-order chi connectivity index (χ1) is 21.7. The third-order valence-electron chi connectivity index (χ3n) is 7.43. The normalized spacial score (nSPS) is 11.7.